The van der Waals surface area contributed by atoms with Gasteiger partial charge in [0, 0.05) is 18.1 Å². The van der Waals surface area contributed by atoms with Gasteiger partial charge in [0.25, 0.3) is 5.56 Å². The van der Waals surface area contributed by atoms with Crippen molar-refractivity contribution in [3.8, 4) is 0 Å². The summed E-state index contributed by atoms with van der Waals surface area (Å²) in [6.07, 6.45) is 4.54. The van der Waals surface area contributed by atoms with Gasteiger partial charge in [0.2, 0.25) is 0 Å². The largest absolute Gasteiger partial charge is 0.328 e. The third kappa shape index (κ3) is 2.74. The quantitative estimate of drug-likeness (QED) is 0.891. The third-order valence-corrected chi connectivity index (χ3v) is 3.34. The second-order valence-corrected chi connectivity index (χ2v) is 4.76. The van der Waals surface area contributed by atoms with E-state index in [1.165, 1.54) is 18.4 Å². The summed E-state index contributed by atoms with van der Waals surface area (Å²) in [6.45, 7) is 1.92. The van der Waals surface area contributed by atoms with Gasteiger partial charge in [-0.25, -0.2) is 0 Å². The van der Waals surface area contributed by atoms with Crippen molar-refractivity contribution in [2.75, 3.05) is 6.54 Å². The Hall–Kier alpha value is -1.32. The predicted molar refractivity (Wildman–Crippen MR) is 76.2 cm³/mol. The number of H-pyrrole nitrogens is 1. The molecule has 1 saturated carbocycles. The average Bonchev–Trinajstić information content (AvgIpc) is 3.17. The van der Waals surface area contributed by atoms with E-state index in [9.17, 15) is 4.79 Å². The van der Waals surface area contributed by atoms with Crippen LogP contribution < -0.4 is 10.9 Å². The summed E-state index contributed by atoms with van der Waals surface area (Å²) in [5.41, 5.74) is 1.16. The topological polar surface area (TPSA) is 44.9 Å². The first kappa shape index (κ1) is 13.1. The van der Waals surface area contributed by atoms with Crippen LogP contribution in [0.5, 0.6) is 0 Å². The lowest BCUT2D eigenvalue weighted by molar-refractivity contribution is 0.639. The Bertz CT molecular complexity index is 590. The molecule has 1 aromatic carbocycles. The first-order chi connectivity index (χ1) is 8.34. The monoisotopic (exact) mass is 264 g/mol. The molecule has 0 spiro atoms. The molecular weight excluding hydrogens is 248 g/mol. The van der Waals surface area contributed by atoms with E-state index >= 15 is 0 Å². The molecule has 2 aromatic rings. The minimum Gasteiger partial charge on any atom is -0.328 e. The Morgan fingerprint density at radius 2 is 1.94 bits per heavy atom. The highest BCUT2D eigenvalue weighted by atomic mass is 35.5. The Morgan fingerprint density at radius 1 is 1.22 bits per heavy atom. The average molecular weight is 265 g/mol. The van der Waals surface area contributed by atoms with Crippen LogP contribution >= 0.6 is 12.4 Å². The van der Waals surface area contributed by atoms with E-state index in [1.54, 1.807) is 0 Å². The van der Waals surface area contributed by atoms with E-state index in [-0.39, 0.29) is 18.0 Å². The highest BCUT2D eigenvalue weighted by Gasteiger charge is 2.20. The first-order valence-electron chi connectivity index (χ1n) is 6.14. The molecule has 1 aliphatic rings. The summed E-state index contributed by atoms with van der Waals surface area (Å²) in [7, 11) is 0. The molecule has 96 valence electrons. The van der Waals surface area contributed by atoms with Gasteiger partial charge in [-0.1, -0.05) is 18.2 Å². The van der Waals surface area contributed by atoms with Crippen LogP contribution in [0.2, 0.25) is 0 Å². The first-order valence-corrected chi connectivity index (χ1v) is 6.14. The lowest BCUT2D eigenvalue weighted by Gasteiger charge is -2.07. The Labute approximate surface area is 112 Å². The molecule has 1 aliphatic carbocycles. The van der Waals surface area contributed by atoms with E-state index < -0.39 is 0 Å². The molecule has 4 heteroatoms. The van der Waals surface area contributed by atoms with Gasteiger partial charge in [0.1, 0.15) is 0 Å². The molecule has 1 fully saturated rings. The molecule has 2 N–H and O–H groups in total. The number of aromatic nitrogens is 1. The molecule has 18 heavy (non-hydrogen) atoms. The molecule has 0 aliphatic heterocycles. The summed E-state index contributed by atoms with van der Waals surface area (Å²) in [4.78, 5) is 14.4. The van der Waals surface area contributed by atoms with Crippen LogP contribution in [-0.4, -0.2) is 11.5 Å². The Morgan fingerprint density at radius 3 is 2.67 bits per heavy atom. The molecular formula is C14H17ClN2O. The molecule has 1 heterocycles. The van der Waals surface area contributed by atoms with Crippen molar-refractivity contribution >= 4 is 23.2 Å². The van der Waals surface area contributed by atoms with Crippen molar-refractivity contribution in [3.05, 3.63) is 46.4 Å². The molecule has 0 atom stereocenters. The van der Waals surface area contributed by atoms with E-state index in [0.717, 1.165) is 29.8 Å². The minimum atomic E-state index is -0.00783. The minimum absolute atomic E-state index is 0. The van der Waals surface area contributed by atoms with Crippen LogP contribution in [-0.2, 0) is 6.54 Å². The summed E-state index contributed by atoms with van der Waals surface area (Å²) in [5.74, 6) is 0.879. The second kappa shape index (κ2) is 5.55. The highest BCUT2D eigenvalue weighted by Crippen LogP contribution is 2.27. The van der Waals surface area contributed by atoms with E-state index in [0.29, 0.717) is 0 Å². The van der Waals surface area contributed by atoms with E-state index in [4.69, 9.17) is 0 Å². The predicted octanol–water partition coefficient (Wildman–Crippen LogP) is 2.45. The molecule has 0 bridgehead atoms. The molecule has 0 radical (unpaired) electrons. The molecule has 3 rings (SSSR count). The third-order valence-electron chi connectivity index (χ3n) is 3.34. The van der Waals surface area contributed by atoms with Gasteiger partial charge in [-0.05, 0) is 42.3 Å². The van der Waals surface area contributed by atoms with Crippen molar-refractivity contribution in [1.29, 1.82) is 0 Å². The second-order valence-electron chi connectivity index (χ2n) is 4.76. The number of halogens is 1. The fraction of sp³-hybridized carbons (Fsp3) is 0.357. The van der Waals surface area contributed by atoms with Gasteiger partial charge >= 0.3 is 0 Å². The summed E-state index contributed by atoms with van der Waals surface area (Å²) in [5, 5.41) is 5.28. The van der Waals surface area contributed by atoms with Crippen molar-refractivity contribution in [1.82, 2.24) is 10.3 Å². The van der Waals surface area contributed by atoms with Crippen LogP contribution in [0.15, 0.2) is 35.3 Å². The fourth-order valence-electron chi connectivity index (χ4n) is 2.15. The van der Waals surface area contributed by atoms with Crippen LogP contribution in [0.25, 0.3) is 10.8 Å². The number of nitrogens with one attached hydrogen (secondary N) is 2. The maximum atomic E-state index is 11.6. The van der Waals surface area contributed by atoms with Gasteiger partial charge in [0.15, 0.2) is 0 Å². The molecule has 0 unspecified atom stereocenters. The van der Waals surface area contributed by atoms with Crippen LogP contribution in [0, 0.1) is 5.92 Å². The normalized spacial score (nSPS) is 14.4. The SMILES string of the molecule is Cl.O=c1[nH]cc(CNCC2CC2)c2ccccc12. The standard InChI is InChI=1S/C14H16N2O.ClH/c17-14-13-4-2-1-3-12(13)11(9-16-14)8-15-7-10-5-6-10;/h1-4,9-10,15H,5-8H2,(H,16,17);1H. The van der Waals surface area contributed by atoms with Crippen LogP contribution in [0.4, 0.5) is 0 Å². The lowest BCUT2D eigenvalue weighted by atomic mass is 10.1. The Balaban J connectivity index is 0.00000120. The number of rotatable bonds is 4. The highest BCUT2D eigenvalue weighted by molar-refractivity contribution is 5.85. The van der Waals surface area contributed by atoms with E-state index in [2.05, 4.69) is 10.3 Å². The smallest absolute Gasteiger partial charge is 0.255 e. The maximum Gasteiger partial charge on any atom is 0.255 e. The molecule has 1 aromatic heterocycles. The number of hydrogen-bond acceptors (Lipinski definition) is 2. The van der Waals surface area contributed by atoms with Gasteiger partial charge in [-0.2, -0.15) is 0 Å². The number of aromatic amines is 1. The van der Waals surface area contributed by atoms with Crippen molar-refractivity contribution in [2.24, 2.45) is 5.92 Å². The van der Waals surface area contributed by atoms with Gasteiger partial charge in [-0.3, -0.25) is 4.79 Å². The Kier molecular flexibility index (Phi) is 4.04. The molecule has 0 saturated heterocycles. The molecule has 3 nitrogen and oxygen atoms in total. The van der Waals surface area contributed by atoms with Gasteiger partial charge < -0.3 is 10.3 Å². The zero-order valence-electron chi connectivity index (χ0n) is 10.1. The van der Waals surface area contributed by atoms with Crippen LogP contribution in [0.1, 0.15) is 18.4 Å². The lowest BCUT2D eigenvalue weighted by Crippen LogP contribution is -2.18. The summed E-state index contributed by atoms with van der Waals surface area (Å²) >= 11 is 0. The zero-order valence-corrected chi connectivity index (χ0v) is 10.9. The summed E-state index contributed by atoms with van der Waals surface area (Å²) in [6, 6.07) is 7.77. The zero-order chi connectivity index (χ0) is 11.7. The number of fused-ring (bicyclic) bond motifs is 1. The fourth-order valence-corrected chi connectivity index (χ4v) is 2.15. The van der Waals surface area contributed by atoms with Crippen molar-refractivity contribution in [3.63, 3.8) is 0 Å². The summed E-state index contributed by atoms with van der Waals surface area (Å²) < 4.78 is 0. The number of benzene rings is 1. The van der Waals surface area contributed by atoms with Gasteiger partial charge in [0.05, 0.1) is 0 Å². The van der Waals surface area contributed by atoms with Crippen LogP contribution in [0.3, 0.4) is 0 Å². The van der Waals surface area contributed by atoms with E-state index in [1.807, 2.05) is 30.5 Å². The van der Waals surface area contributed by atoms with Crippen molar-refractivity contribution in [2.45, 2.75) is 19.4 Å². The molecule has 0 amide bonds. The number of pyridine rings is 1. The van der Waals surface area contributed by atoms with Crippen molar-refractivity contribution < 1.29 is 0 Å². The number of hydrogen-bond donors (Lipinski definition) is 2. The maximum absolute atomic E-state index is 11.6. The van der Waals surface area contributed by atoms with Gasteiger partial charge in [-0.15, -0.1) is 12.4 Å².